The molecule has 1 aliphatic heterocycles. The fourth-order valence-corrected chi connectivity index (χ4v) is 4.55. The Morgan fingerprint density at radius 3 is 2.77 bits per heavy atom. The number of oxazole rings is 1. The molecule has 2 aromatic carbocycles. The lowest BCUT2D eigenvalue weighted by Gasteiger charge is -2.21. The number of methoxy groups -OCH3 is 1. The molecule has 0 atom stereocenters. The number of anilines is 1. The van der Waals surface area contributed by atoms with E-state index in [-0.39, 0.29) is 12.0 Å². The van der Waals surface area contributed by atoms with Gasteiger partial charge in [-0.15, -0.1) is 0 Å². The van der Waals surface area contributed by atoms with Crippen LogP contribution in [0.5, 0.6) is 5.75 Å². The lowest BCUT2D eigenvalue weighted by atomic mass is 10.1. The van der Waals surface area contributed by atoms with Crippen molar-refractivity contribution >= 4 is 34.1 Å². The predicted molar refractivity (Wildman–Crippen MR) is 130 cm³/mol. The minimum atomic E-state index is -0.933. The number of esters is 1. The van der Waals surface area contributed by atoms with Crippen molar-refractivity contribution in [3.8, 4) is 28.3 Å². The van der Waals surface area contributed by atoms with Crippen molar-refractivity contribution in [2.24, 2.45) is 0 Å². The predicted octanol–water partition coefficient (Wildman–Crippen LogP) is 3.98. The summed E-state index contributed by atoms with van der Waals surface area (Å²) in [5, 5.41) is 4.43. The number of carbonyl (C=O) groups excluding carboxylic acids is 1. The second-order valence-electron chi connectivity index (χ2n) is 9.09. The zero-order chi connectivity index (χ0) is 24.3. The first kappa shape index (κ1) is 21.2. The summed E-state index contributed by atoms with van der Waals surface area (Å²) in [5.74, 6) is 1.22. The molecule has 2 N–H and O–H groups in total. The summed E-state index contributed by atoms with van der Waals surface area (Å²) < 4.78 is 20.3. The molecule has 0 spiro atoms. The highest BCUT2D eigenvalue weighted by atomic mass is 16.5. The van der Waals surface area contributed by atoms with Crippen LogP contribution in [0.1, 0.15) is 20.3 Å². The van der Waals surface area contributed by atoms with Crippen LogP contribution in [0.4, 0.5) is 6.01 Å². The zero-order valence-corrected chi connectivity index (χ0v) is 19.6. The Hall–Kier alpha value is -4.34. The van der Waals surface area contributed by atoms with Gasteiger partial charge in [0.25, 0.3) is 6.01 Å². The summed E-state index contributed by atoms with van der Waals surface area (Å²) in [6.07, 6.45) is 4.42. The Kier molecular flexibility index (Phi) is 4.60. The van der Waals surface area contributed by atoms with Crippen LogP contribution in [-0.4, -0.2) is 44.0 Å². The first-order valence-corrected chi connectivity index (χ1v) is 11.3. The Morgan fingerprint density at radius 1 is 1.11 bits per heavy atom. The van der Waals surface area contributed by atoms with Gasteiger partial charge in [-0.1, -0.05) is 0 Å². The number of aromatic nitrogens is 5. The number of aryl methyl sites for hydroxylation is 1. The van der Waals surface area contributed by atoms with E-state index >= 15 is 0 Å². The van der Waals surface area contributed by atoms with Gasteiger partial charge in [0.2, 0.25) is 0 Å². The van der Waals surface area contributed by atoms with Gasteiger partial charge in [0, 0.05) is 23.9 Å². The molecule has 0 saturated heterocycles. The van der Waals surface area contributed by atoms with E-state index in [4.69, 9.17) is 24.6 Å². The molecule has 1 aliphatic rings. The largest absolute Gasteiger partial charge is 0.491 e. The third-order valence-electron chi connectivity index (χ3n) is 6.43. The second kappa shape index (κ2) is 7.59. The molecule has 0 amide bonds. The number of carbonyl (C=O) groups is 1. The molecule has 0 fully saturated rings. The fourth-order valence-electron chi connectivity index (χ4n) is 4.55. The molecule has 10 nitrogen and oxygen atoms in total. The van der Waals surface area contributed by atoms with Gasteiger partial charge in [-0.3, -0.25) is 4.68 Å². The van der Waals surface area contributed by atoms with Gasteiger partial charge in [0.15, 0.2) is 11.1 Å². The number of ether oxygens (including phenoxy) is 2. The van der Waals surface area contributed by atoms with Crippen LogP contribution >= 0.6 is 0 Å². The summed E-state index contributed by atoms with van der Waals surface area (Å²) in [7, 11) is 1.37. The molecular formula is C25H24N6O4. The molecule has 35 heavy (non-hydrogen) atoms. The Balaban J connectivity index is 1.48. The highest BCUT2D eigenvalue weighted by Gasteiger charge is 2.32. The van der Waals surface area contributed by atoms with Gasteiger partial charge in [-0.25, -0.2) is 9.78 Å². The van der Waals surface area contributed by atoms with Crippen molar-refractivity contribution in [2.45, 2.75) is 32.4 Å². The van der Waals surface area contributed by atoms with Crippen molar-refractivity contribution < 1.29 is 18.7 Å². The Morgan fingerprint density at radius 2 is 1.94 bits per heavy atom. The van der Waals surface area contributed by atoms with E-state index < -0.39 is 5.54 Å². The molecule has 0 saturated carbocycles. The molecule has 178 valence electrons. The van der Waals surface area contributed by atoms with Crippen LogP contribution in [0, 0.1) is 0 Å². The molecule has 6 rings (SSSR count). The maximum Gasteiger partial charge on any atom is 0.333 e. The molecule has 0 bridgehead atoms. The van der Waals surface area contributed by atoms with E-state index in [9.17, 15) is 4.79 Å². The average molecular weight is 473 g/mol. The molecule has 3 aromatic heterocycles. The highest BCUT2D eigenvalue weighted by molar-refractivity contribution is 5.91. The number of fused-ring (bicyclic) bond motifs is 1. The van der Waals surface area contributed by atoms with Crippen molar-refractivity contribution in [2.75, 3.05) is 19.5 Å². The van der Waals surface area contributed by atoms with Crippen LogP contribution < -0.4 is 10.5 Å². The maximum atomic E-state index is 12.2. The van der Waals surface area contributed by atoms with Crippen molar-refractivity contribution in [3.63, 3.8) is 0 Å². The second-order valence-corrected chi connectivity index (χ2v) is 9.09. The van der Waals surface area contributed by atoms with Gasteiger partial charge in [0.1, 0.15) is 22.6 Å². The van der Waals surface area contributed by atoms with Crippen LogP contribution in [0.15, 0.2) is 47.1 Å². The number of hydrogen-bond donors (Lipinski definition) is 1. The smallest absolute Gasteiger partial charge is 0.333 e. The van der Waals surface area contributed by atoms with Crippen molar-refractivity contribution in [3.05, 3.63) is 42.7 Å². The number of nitrogen functional groups attached to an aromatic ring is 1. The van der Waals surface area contributed by atoms with Crippen molar-refractivity contribution in [1.82, 2.24) is 24.3 Å². The molecule has 0 aliphatic carbocycles. The zero-order valence-electron chi connectivity index (χ0n) is 19.6. The quantitative estimate of drug-likeness (QED) is 0.390. The lowest BCUT2D eigenvalue weighted by molar-refractivity contribution is -0.150. The van der Waals surface area contributed by atoms with Gasteiger partial charge in [-0.05, 0) is 56.2 Å². The summed E-state index contributed by atoms with van der Waals surface area (Å²) >= 11 is 0. The SMILES string of the molecule is COC(=O)C(C)(C)n1cc(-c2cc3c4c(c2)nc(-c2ccc5oc(N)nc5c2)n4CCCO3)cn1. The first-order chi connectivity index (χ1) is 16.8. The fraction of sp³-hybridized carbons (Fsp3) is 0.280. The molecule has 0 radical (unpaired) electrons. The van der Waals surface area contributed by atoms with Crippen LogP contribution in [-0.2, 0) is 21.6 Å². The van der Waals surface area contributed by atoms with E-state index in [1.807, 2.05) is 36.5 Å². The summed E-state index contributed by atoms with van der Waals surface area (Å²) in [6, 6.07) is 9.92. The number of nitrogens with zero attached hydrogens (tertiary/aromatic N) is 5. The molecule has 5 aromatic rings. The Bertz CT molecular complexity index is 1610. The minimum absolute atomic E-state index is 0.139. The van der Waals surface area contributed by atoms with Crippen LogP contribution in [0.2, 0.25) is 0 Å². The van der Waals surface area contributed by atoms with Crippen LogP contribution in [0.25, 0.3) is 44.6 Å². The minimum Gasteiger partial charge on any atom is -0.491 e. The monoisotopic (exact) mass is 472 g/mol. The summed E-state index contributed by atoms with van der Waals surface area (Å²) in [4.78, 5) is 21.5. The number of rotatable bonds is 4. The lowest BCUT2D eigenvalue weighted by Crippen LogP contribution is -2.37. The standard InChI is InChI=1S/C25H24N6O4/c1-25(2,23(32)33-3)31-13-16(12-27-31)15-10-18-21-20(11-15)34-8-4-7-30(21)22(28-18)14-5-6-19-17(9-14)29-24(26)35-19/h5-6,9-13H,4,7-8H2,1-3H3,(H2,26,29). The molecule has 10 heteroatoms. The van der Waals surface area contributed by atoms with E-state index in [1.165, 1.54) is 7.11 Å². The molecule has 0 unspecified atom stereocenters. The average Bonchev–Trinajstić information content (AvgIpc) is 3.53. The van der Waals surface area contributed by atoms with Gasteiger partial charge in [0.05, 0.1) is 25.4 Å². The molecular weight excluding hydrogens is 448 g/mol. The number of benzene rings is 2. The molecule has 4 heterocycles. The number of imidazole rings is 1. The third-order valence-corrected chi connectivity index (χ3v) is 6.43. The van der Waals surface area contributed by atoms with Crippen molar-refractivity contribution in [1.29, 1.82) is 0 Å². The third kappa shape index (κ3) is 3.32. The number of nitrogens with two attached hydrogens (primary N) is 1. The normalized spacial score (nSPS) is 13.7. The topological polar surface area (TPSA) is 123 Å². The van der Waals surface area contributed by atoms with E-state index in [2.05, 4.69) is 14.6 Å². The highest BCUT2D eigenvalue weighted by Crippen LogP contribution is 2.38. The summed E-state index contributed by atoms with van der Waals surface area (Å²) in [6.45, 7) is 4.92. The van der Waals surface area contributed by atoms with Gasteiger partial charge < -0.3 is 24.2 Å². The van der Waals surface area contributed by atoms with E-state index in [1.54, 1.807) is 24.7 Å². The van der Waals surface area contributed by atoms with E-state index in [0.29, 0.717) is 17.7 Å². The van der Waals surface area contributed by atoms with E-state index in [0.717, 1.165) is 52.3 Å². The first-order valence-electron chi connectivity index (χ1n) is 11.3. The van der Waals surface area contributed by atoms with Crippen LogP contribution in [0.3, 0.4) is 0 Å². The Labute approximate surface area is 200 Å². The summed E-state index contributed by atoms with van der Waals surface area (Å²) in [5.41, 5.74) is 10.5. The maximum absolute atomic E-state index is 12.2. The van der Waals surface area contributed by atoms with Gasteiger partial charge >= 0.3 is 5.97 Å². The van der Waals surface area contributed by atoms with Gasteiger partial charge in [-0.2, -0.15) is 10.1 Å². The number of hydrogen-bond acceptors (Lipinski definition) is 8.